The molecule has 2 aromatic heterocycles. The lowest BCUT2D eigenvalue weighted by atomic mass is 9.94. The fourth-order valence-electron chi connectivity index (χ4n) is 1.54. The molecule has 5 nitrogen and oxygen atoms in total. The average molecular weight is 338 g/mol. The Morgan fingerprint density at radius 1 is 1.35 bits per heavy atom. The summed E-state index contributed by atoms with van der Waals surface area (Å²) in [6.45, 7) is 6.38. The van der Waals surface area contributed by atoms with Crippen molar-refractivity contribution in [2.45, 2.75) is 32.7 Å². The van der Waals surface area contributed by atoms with Gasteiger partial charge in [0.25, 0.3) is 5.89 Å². The summed E-state index contributed by atoms with van der Waals surface area (Å²) in [5, 5.41) is 2.75. The SMILES string of the molecule is CC(C)(C)c1cnc(C(=O)NCc2cncc(Br)c2)o1. The third-order valence-corrected chi connectivity index (χ3v) is 3.09. The number of hydrogen-bond acceptors (Lipinski definition) is 4. The predicted octanol–water partition coefficient (Wildman–Crippen LogP) is 3.06. The maximum absolute atomic E-state index is 11.9. The number of oxazole rings is 1. The van der Waals surface area contributed by atoms with Gasteiger partial charge in [0.2, 0.25) is 0 Å². The zero-order chi connectivity index (χ0) is 14.8. The Bertz CT molecular complexity index is 617. The van der Waals surface area contributed by atoms with Crippen LogP contribution >= 0.6 is 15.9 Å². The second-order valence-corrected chi connectivity index (χ2v) is 6.39. The number of nitrogens with one attached hydrogen (secondary N) is 1. The minimum absolute atomic E-state index is 0.0814. The highest BCUT2D eigenvalue weighted by Gasteiger charge is 2.21. The van der Waals surface area contributed by atoms with Gasteiger partial charge in [-0.05, 0) is 27.6 Å². The lowest BCUT2D eigenvalue weighted by Crippen LogP contribution is -2.23. The Labute approximate surface area is 125 Å². The third kappa shape index (κ3) is 3.66. The summed E-state index contributed by atoms with van der Waals surface area (Å²) < 4.78 is 6.34. The third-order valence-electron chi connectivity index (χ3n) is 2.65. The average Bonchev–Trinajstić information content (AvgIpc) is 2.85. The molecule has 0 atom stereocenters. The molecule has 0 aliphatic heterocycles. The molecule has 0 saturated carbocycles. The lowest BCUT2D eigenvalue weighted by Gasteiger charge is -2.12. The van der Waals surface area contributed by atoms with E-state index < -0.39 is 0 Å². The van der Waals surface area contributed by atoms with Gasteiger partial charge in [-0.25, -0.2) is 4.98 Å². The molecule has 1 amide bonds. The number of carbonyl (C=O) groups is 1. The number of halogens is 1. The van der Waals surface area contributed by atoms with Gasteiger partial charge in [-0.1, -0.05) is 20.8 Å². The van der Waals surface area contributed by atoms with Gasteiger partial charge in [-0.2, -0.15) is 0 Å². The van der Waals surface area contributed by atoms with Crippen LogP contribution in [0.15, 0.2) is 33.5 Å². The molecule has 2 rings (SSSR count). The number of rotatable bonds is 3. The summed E-state index contributed by atoms with van der Waals surface area (Å²) in [5.41, 5.74) is 0.732. The van der Waals surface area contributed by atoms with Gasteiger partial charge in [0.05, 0.1) is 6.20 Å². The van der Waals surface area contributed by atoms with E-state index in [4.69, 9.17) is 4.42 Å². The first-order chi connectivity index (χ1) is 9.36. The molecule has 0 bridgehead atoms. The topological polar surface area (TPSA) is 68.0 Å². The van der Waals surface area contributed by atoms with Crippen LogP contribution in [0.3, 0.4) is 0 Å². The van der Waals surface area contributed by atoms with Crippen LogP contribution < -0.4 is 5.32 Å². The van der Waals surface area contributed by atoms with Gasteiger partial charge in [-0.3, -0.25) is 9.78 Å². The Morgan fingerprint density at radius 3 is 2.70 bits per heavy atom. The van der Waals surface area contributed by atoms with E-state index in [9.17, 15) is 4.79 Å². The summed E-state index contributed by atoms with van der Waals surface area (Å²) in [4.78, 5) is 20.0. The molecule has 0 aliphatic carbocycles. The van der Waals surface area contributed by atoms with E-state index in [-0.39, 0.29) is 17.2 Å². The van der Waals surface area contributed by atoms with Crippen molar-refractivity contribution in [3.05, 3.63) is 46.3 Å². The van der Waals surface area contributed by atoms with Crippen LogP contribution in [0.2, 0.25) is 0 Å². The number of carbonyl (C=O) groups excluding carboxylic acids is 1. The first-order valence-electron chi connectivity index (χ1n) is 6.20. The lowest BCUT2D eigenvalue weighted by molar-refractivity contribution is 0.0912. The summed E-state index contributed by atoms with van der Waals surface area (Å²) in [6.07, 6.45) is 4.98. The van der Waals surface area contributed by atoms with Gasteiger partial charge in [-0.15, -0.1) is 0 Å². The maximum atomic E-state index is 11.9. The van der Waals surface area contributed by atoms with Crippen molar-refractivity contribution in [3.63, 3.8) is 0 Å². The van der Waals surface area contributed by atoms with Crippen LogP contribution in [0.5, 0.6) is 0 Å². The molecule has 2 aromatic rings. The molecule has 2 heterocycles. The second-order valence-electron chi connectivity index (χ2n) is 5.47. The zero-order valence-corrected chi connectivity index (χ0v) is 13.2. The fourth-order valence-corrected chi connectivity index (χ4v) is 1.95. The van der Waals surface area contributed by atoms with E-state index in [0.717, 1.165) is 10.0 Å². The molecule has 20 heavy (non-hydrogen) atoms. The Kier molecular flexibility index (Phi) is 4.23. The molecule has 0 radical (unpaired) electrons. The molecule has 106 valence electrons. The molecule has 0 saturated heterocycles. The van der Waals surface area contributed by atoms with Gasteiger partial charge in [0.15, 0.2) is 0 Å². The smallest absolute Gasteiger partial charge is 0.307 e. The Balaban J connectivity index is 2.00. The van der Waals surface area contributed by atoms with Crippen LogP contribution in [0.1, 0.15) is 42.8 Å². The van der Waals surface area contributed by atoms with Gasteiger partial charge < -0.3 is 9.73 Å². The number of aromatic nitrogens is 2. The monoisotopic (exact) mass is 337 g/mol. The van der Waals surface area contributed by atoms with E-state index in [1.165, 1.54) is 0 Å². The zero-order valence-electron chi connectivity index (χ0n) is 11.6. The highest BCUT2D eigenvalue weighted by Crippen LogP contribution is 2.22. The van der Waals surface area contributed by atoms with Crippen LogP contribution in [0.4, 0.5) is 0 Å². The van der Waals surface area contributed by atoms with E-state index in [0.29, 0.717) is 12.3 Å². The van der Waals surface area contributed by atoms with Crippen LogP contribution in [0, 0.1) is 0 Å². The molecule has 0 spiro atoms. The predicted molar refractivity (Wildman–Crippen MR) is 78.3 cm³/mol. The fraction of sp³-hybridized carbons (Fsp3) is 0.357. The highest BCUT2D eigenvalue weighted by atomic mass is 79.9. The molecule has 1 N–H and O–H groups in total. The van der Waals surface area contributed by atoms with Gasteiger partial charge in [0, 0.05) is 28.8 Å². The quantitative estimate of drug-likeness (QED) is 0.934. The normalized spacial score (nSPS) is 11.4. The summed E-state index contributed by atoms with van der Waals surface area (Å²) in [6, 6.07) is 1.89. The minimum Gasteiger partial charge on any atom is -0.437 e. The number of hydrogen-bond donors (Lipinski definition) is 1. The van der Waals surface area contributed by atoms with Gasteiger partial charge in [0.1, 0.15) is 5.76 Å². The number of amides is 1. The summed E-state index contributed by atoms with van der Waals surface area (Å²) >= 11 is 3.33. The molecule has 6 heteroatoms. The van der Waals surface area contributed by atoms with Crippen LogP contribution in [-0.4, -0.2) is 15.9 Å². The second kappa shape index (κ2) is 5.75. The maximum Gasteiger partial charge on any atom is 0.307 e. The molecular weight excluding hydrogens is 322 g/mol. The number of pyridine rings is 1. The van der Waals surface area contributed by atoms with Crippen LogP contribution in [-0.2, 0) is 12.0 Å². The minimum atomic E-state index is -0.333. The highest BCUT2D eigenvalue weighted by molar-refractivity contribution is 9.10. The molecule has 0 aromatic carbocycles. The summed E-state index contributed by atoms with van der Waals surface area (Å²) in [7, 11) is 0. The molecule has 0 fully saturated rings. The molecule has 0 aliphatic rings. The largest absolute Gasteiger partial charge is 0.437 e. The van der Waals surface area contributed by atoms with E-state index in [2.05, 4.69) is 31.2 Å². The number of nitrogens with zero attached hydrogens (tertiary/aromatic N) is 2. The van der Waals surface area contributed by atoms with Crippen molar-refractivity contribution in [1.82, 2.24) is 15.3 Å². The van der Waals surface area contributed by atoms with Crippen molar-refractivity contribution in [2.75, 3.05) is 0 Å². The Hall–Kier alpha value is -1.69. The Morgan fingerprint density at radius 2 is 2.10 bits per heavy atom. The standard InChI is InChI=1S/C14H16BrN3O2/c1-14(2,3)11-8-18-13(20-11)12(19)17-6-9-4-10(15)7-16-5-9/h4-5,7-8H,6H2,1-3H3,(H,17,19). The first kappa shape index (κ1) is 14.7. The summed E-state index contributed by atoms with van der Waals surface area (Å²) in [5.74, 6) is 0.435. The van der Waals surface area contributed by atoms with Gasteiger partial charge >= 0.3 is 5.91 Å². The van der Waals surface area contributed by atoms with E-state index in [1.807, 2.05) is 26.8 Å². The van der Waals surface area contributed by atoms with Crippen LogP contribution in [0.25, 0.3) is 0 Å². The molecular formula is C14H16BrN3O2. The van der Waals surface area contributed by atoms with E-state index in [1.54, 1.807) is 18.6 Å². The van der Waals surface area contributed by atoms with Crippen molar-refractivity contribution < 1.29 is 9.21 Å². The van der Waals surface area contributed by atoms with Crippen molar-refractivity contribution in [1.29, 1.82) is 0 Å². The first-order valence-corrected chi connectivity index (χ1v) is 6.99. The van der Waals surface area contributed by atoms with Crippen molar-refractivity contribution >= 4 is 21.8 Å². The van der Waals surface area contributed by atoms with E-state index >= 15 is 0 Å². The van der Waals surface area contributed by atoms with Crippen molar-refractivity contribution in [3.8, 4) is 0 Å². The van der Waals surface area contributed by atoms with Crippen molar-refractivity contribution in [2.24, 2.45) is 0 Å². The molecule has 0 unspecified atom stereocenters.